The first-order valence-electron chi connectivity index (χ1n) is 12.1. The molecule has 0 spiro atoms. The zero-order valence-electron chi connectivity index (χ0n) is 20.6. The monoisotopic (exact) mass is 448 g/mol. The Morgan fingerprint density at radius 3 is 2.82 bits per heavy atom. The predicted molar refractivity (Wildman–Crippen MR) is 137 cm³/mol. The average Bonchev–Trinajstić information content (AvgIpc) is 3.09. The highest BCUT2D eigenvalue weighted by Crippen LogP contribution is 2.40. The molecule has 0 amide bonds. The Labute approximate surface area is 197 Å². The van der Waals surface area contributed by atoms with E-state index in [1.807, 2.05) is 6.92 Å². The second-order valence-corrected chi connectivity index (χ2v) is 10.2. The summed E-state index contributed by atoms with van der Waals surface area (Å²) in [4.78, 5) is 0. The molecule has 0 aliphatic carbocycles. The molecule has 2 heterocycles. The minimum atomic E-state index is -0.947. The molecule has 0 unspecified atom stereocenters. The number of alkyl halides is 1. The van der Waals surface area contributed by atoms with Gasteiger partial charge in [0, 0.05) is 37.2 Å². The fourth-order valence-electron chi connectivity index (χ4n) is 4.91. The maximum atomic E-state index is 14.9. The van der Waals surface area contributed by atoms with Gasteiger partial charge in [-0.1, -0.05) is 44.2 Å². The van der Waals surface area contributed by atoms with Crippen molar-refractivity contribution in [2.24, 2.45) is 13.0 Å². The Bertz CT molecular complexity index is 1150. The molecule has 1 aliphatic rings. The van der Waals surface area contributed by atoms with Crippen molar-refractivity contribution in [3.8, 4) is 5.75 Å². The van der Waals surface area contributed by atoms with Gasteiger partial charge in [0.25, 0.3) is 0 Å². The first-order chi connectivity index (χ1) is 15.8. The number of benzene rings is 2. The van der Waals surface area contributed by atoms with E-state index < -0.39 is 11.8 Å². The first-order valence-corrected chi connectivity index (χ1v) is 12.1. The lowest BCUT2D eigenvalue weighted by Crippen LogP contribution is -2.46. The molecule has 33 heavy (non-hydrogen) atoms. The lowest BCUT2D eigenvalue weighted by Gasteiger charge is -2.39. The molecule has 2 atom stereocenters. The van der Waals surface area contributed by atoms with Crippen molar-refractivity contribution in [1.29, 1.82) is 0 Å². The minimum Gasteiger partial charge on any atom is -0.484 e. The van der Waals surface area contributed by atoms with Crippen LogP contribution in [0.4, 0.5) is 4.39 Å². The van der Waals surface area contributed by atoms with Crippen LogP contribution in [0.25, 0.3) is 17.0 Å². The molecule has 0 saturated heterocycles. The lowest BCUT2D eigenvalue weighted by molar-refractivity contribution is -0.0212. The topological polar surface area (TPSA) is 26.2 Å². The van der Waals surface area contributed by atoms with E-state index in [-0.39, 0.29) is 0 Å². The van der Waals surface area contributed by atoms with Crippen molar-refractivity contribution in [3.05, 3.63) is 70.9 Å². The van der Waals surface area contributed by atoms with E-state index in [0.29, 0.717) is 18.8 Å². The van der Waals surface area contributed by atoms with Gasteiger partial charge in [0.05, 0.1) is 0 Å². The Morgan fingerprint density at radius 2 is 2.03 bits per heavy atom. The molecule has 4 heteroatoms. The number of halogens is 1. The quantitative estimate of drug-likeness (QED) is 0.385. The molecule has 1 aliphatic heterocycles. The number of aromatic nitrogens is 1. The van der Waals surface area contributed by atoms with Crippen molar-refractivity contribution in [1.82, 2.24) is 9.88 Å². The fraction of sp³-hybridized carbons (Fsp3) is 0.448. The van der Waals surface area contributed by atoms with Crippen LogP contribution in [-0.2, 0) is 20.0 Å². The molecular formula is C29H37FN2O. The Morgan fingerprint density at radius 1 is 1.24 bits per heavy atom. The zero-order chi connectivity index (χ0) is 23.6. The summed E-state index contributed by atoms with van der Waals surface area (Å²) in [5.41, 5.74) is 5.28. The summed E-state index contributed by atoms with van der Waals surface area (Å²) >= 11 is 0. The highest BCUT2D eigenvalue weighted by atomic mass is 19.1. The molecule has 0 bridgehead atoms. The number of nitrogens with zero attached hydrogens (tertiary/aromatic N) is 1. The molecule has 4 rings (SSSR count). The number of hydrogen-bond acceptors (Lipinski definition) is 2. The van der Waals surface area contributed by atoms with E-state index in [1.54, 1.807) is 0 Å². The number of fused-ring (bicyclic) bond motifs is 2. The van der Waals surface area contributed by atoms with Crippen LogP contribution in [0, 0.1) is 12.8 Å². The fourth-order valence-corrected chi connectivity index (χ4v) is 4.91. The van der Waals surface area contributed by atoms with Gasteiger partial charge in [0.15, 0.2) is 0 Å². The van der Waals surface area contributed by atoms with Crippen LogP contribution in [0.5, 0.6) is 5.75 Å². The minimum absolute atomic E-state index is 0.324. The average molecular weight is 449 g/mol. The molecule has 1 aromatic heterocycles. The van der Waals surface area contributed by atoms with Crippen LogP contribution in [0.3, 0.4) is 0 Å². The Kier molecular flexibility index (Phi) is 6.94. The third kappa shape index (κ3) is 5.16. The standard InChI is InChI=1S/C29H37FN2O/c1-20(2)15-27(30)29(4)13-12-23-17-22(16-21(3)28(23)33-29)9-8-14-31-18-24-19-32(5)26-11-7-6-10-25(24)26/h6-11,16-17,19-20,27,31H,12-15,18H2,1-5H3/b9-8+/t27-,29+/m1/s1. The van der Waals surface area contributed by atoms with E-state index in [9.17, 15) is 4.39 Å². The molecule has 0 saturated carbocycles. The number of rotatable bonds is 8. The Balaban J connectivity index is 1.37. The van der Waals surface area contributed by atoms with Crippen LogP contribution < -0.4 is 10.1 Å². The predicted octanol–water partition coefficient (Wildman–Crippen LogP) is 6.76. The van der Waals surface area contributed by atoms with Gasteiger partial charge in [0.2, 0.25) is 0 Å². The third-order valence-electron chi connectivity index (χ3n) is 6.81. The summed E-state index contributed by atoms with van der Waals surface area (Å²) in [6.07, 6.45) is 7.69. The zero-order valence-corrected chi connectivity index (χ0v) is 20.6. The lowest BCUT2D eigenvalue weighted by atomic mass is 9.84. The van der Waals surface area contributed by atoms with E-state index >= 15 is 0 Å². The Hall–Kier alpha value is -2.59. The summed E-state index contributed by atoms with van der Waals surface area (Å²) in [5, 5.41) is 4.83. The first kappa shape index (κ1) is 23.6. The van der Waals surface area contributed by atoms with E-state index in [1.165, 1.54) is 27.6 Å². The second kappa shape index (κ2) is 9.72. The van der Waals surface area contributed by atoms with Crippen molar-refractivity contribution in [2.75, 3.05) is 6.54 Å². The van der Waals surface area contributed by atoms with Gasteiger partial charge in [-0.05, 0) is 79.5 Å². The second-order valence-electron chi connectivity index (χ2n) is 10.2. The van der Waals surface area contributed by atoms with Crippen LogP contribution >= 0.6 is 0 Å². The van der Waals surface area contributed by atoms with Crippen LogP contribution in [0.15, 0.2) is 48.7 Å². The number of nitrogens with one attached hydrogen (secondary N) is 1. The smallest absolute Gasteiger partial charge is 0.140 e. The van der Waals surface area contributed by atoms with Gasteiger partial charge in [-0.2, -0.15) is 0 Å². The van der Waals surface area contributed by atoms with Gasteiger partial charge in [0.1, 0.15) is 17.5 Å². The van der Waals surface area contributed by atoms with E-state index in [2.05, 4.69) is 92.4 Å². The third-order valence-corrected chi connectivity index (χ3v) is 6.81. The van der Waals surface area contributed by atoms with Gasteiger partial charge in [-0.3, -0.25) is 0 Å². The summed E-state index contributed by atoms with van der Waals surface area (Å²) in [5.74, 6) is 1.20. The molecule has 3 aromatic rings. The number of hydrogen-bond donors (Lipinski definition) is 1. The molecule has 0 radical (unpaired) electrons. The highest BCUT2D eigenvalue weighted by molar-refractivity contribution is 5.83. The van der Waals surface area contributed by atoms with Crippen LogP contribution in [-0.4, -0.2) is 22.9 Å². The van der Waals surface area contributed by atoms with Crippen molar-refractivity contribution >= 4 is 17.0 Å². The van der Waals surface area contributed by atoms with Crippen LogP contribution in [0.2, 0.25) is 0 Å². The van der Waals surface area contributed by atoms with Crippen LogP contribution in [0.1, 0.15) is 55.9 Å². The van der Waals surface area contributed by atoms with E-state index in [4.69, 9.17) is 4.74 Å². The summed E-state index contributed by atoms with van der Waals surface area (Å²) in [7, 11) is 2.09. The normalized spacial score (nSPS) is 19.2. The number of aryl methyl sites for hydroxylation is 3. The summed E-state index contributed by atoms with van der Waals surface area (Å²) in [6, 6.07) is 12.8. The maximum absolute atomic E-state index is 14.9. The molecule has 3 nitrogen and oxygen atoms in total. The summed E-state index contributed by atoms with van der Waals surface area (Å²) < 4.78 is 23.4. The van der Waals surface area contributed by atoms with Gasteiger partial charge >= 0.3 is 0 Å². The largest absolute Gasteiger partial charge is 0.484 e. The van der Waals surface area contributed by atoms with Gasteiger partial charge in [-0.25, -0.2) is 4.39 Å². The summed E-state index contributed by atoms with van der Waals surface area (Å²) in [6.45, 7) is 9.75. The SMILES string of the molecule is Cc1cc(/C=C/CNCc2cn(C)c3ccccc23)cc2c1O[C@](C)([C@H](F)CC(C)C)CC2. The van der Waals surface area contributed by atoms with Crippen molar-refractivity contribution < 1.29 is 9.13 Å². The van der Waals surface area contributed by atoms with Crippen molar-refractivity contribution in [3.63, 3.8) is 0 Å². The molecular weight excluding hydrogens is 411 g/mol. The van der Waals surface area contributed by atoms with Crippen molar-refractivity contribution in [2.45, 2.75) is 65.3 Å². The highest BCUT2D eigenvalue weighted by Gasteiger charge is 2.40. The van der Waals surface area contributed by atoms with Gasteiger partial charge < -0.3 is 14.6 Å². The molecule has 176 valence electrons. The maximum Gasteiger partial charge on any atom is 0.140 e. The molecule has 1 N–H and O–H groups in total. The van der Waals surface area contributed by atoms with Gasteiger partial charge in [-0.15, -0.1) is 0 Å². The number of para-hydroxylation sites is 1. The molecule has 0 fully saturated rings. The number of ether oxygens (including phenoxy) is 1. The van der Waals surface area contributed by atoms with E-state index in [0.717, 1.165) is 30.8 Å². The molecule has 2 aromatic carbocycles.